The summed E-state index contributed by atoms with van der Waals surface area (Å²) in [5, 5.41) is 2.00. The van der Waals surface area contributed by atoms with Crippen molar-refractivity contribution in [3.05, 3.63) is 11.6 Å². The van der Waals surface area contributed by atoms with Crippen LogP contribution in [0.5, 0.6) is 0 Å². The topological polar surface area (TPSA) is 37.4 Å². The van der Waals surface area contributed by atoms with Gasteiger partial charge < -0.3 is 0 Å². The molecular formula is C4H5NO2S2. The minimum absolute atomic E-state index is 0.190. The number of hydrogen-bond acceptors (Lipinski definition) is 3. The molecule has 0 N–H and O–H groups in total. The van der Waals surface area contributed by atoms with E-state index in [4.69, 9.17) is 0 Å². The Bertz CT molecular complexity index is 256. The molecule has 0 aromatic carbocycles. The maximum Gasteiger partial charge on any atom is 0.238 e. The van der Waals surface area contributed by atoms with Crippen molar-refractivity contribution < 1.29 is 8.42 Å². The molecule has 2 heterocycles. The molecule has 3 nitrogen and oxygen atoms in total. The fourth-order valence-corrected chi connectivity index (χ4v) is 4.04. The summed E-state index contributed by atoms with van der Waals surface area (Å²) in [5.41, 5.74) is 0. The van der Waals surface area contributed by atoms with E-state index < -0.39 is 10.0 Å². The summed E-state index contributed by atoms with van der Waals surface area (Å²) in [7, 11) is -2.83. The van der Waals surface area contributed by atoms with Gasteiger partial charge in [-0.05, 0) is 5.41 Å². The van der Waals surface area contributed by atoms with Gasteiger partial charge in [0, 0.05) is 6.20 Å². The van der Waals surface area contributed by atoms with E-state index in [1.807, 2.05) is 5.41 Å². The van der Waals surface area contributed by atoms with Crippen LogP contribution in [0.25, 0.3) is 0 Å². The van der Waals surface area contributed by atoms with Gasteiger partial charge in [0.2, 0.25) is 10.0 Å². The fourth-order valence-electron chi connectivity index (χ4n) is 0.908. The number of hydrogen-bond donors (Lipinski definition) is 0. The molecule has 2 aliphatic rings. The molecule has 0 bridgehead atoms. The van der Waals surface area contributed by atoms with Crippen LogP contribution in [0.15, 0.2) is 11.6 Å². The number of rotatable bonds is 0. The summed E-state index contributed by atoms with van der Waals surface area (Å²) in [4.78, 5) is 0. The first-order chi connectivity index (χ1) is 4.20. The average molecular weight is 163 g/mol. The normalized spacial score (nSPS) is 36.0. The van der Waals surface area contributed by atoms with Crippen molar-refractivity contribution in [1.29, 1.82) is 0 Å². The van der Waals surface area contributed by atoms with Crippen LogP contribution in [0.4, 0.5) is 0 Å². The van der Waals surface area contributed by atoms with E-state index >= 15 is 0 Å². The first-order valence-electron chi connectivity index (χ1n) is 2.53. The molecule has 1 fully saturated rings. The standard InChI is InChI=1S/C4H5NO2S2/c6-9(7)3-4-5(9)1-2-8-4/h1-2,4H,3H2. The number of thioether (sulfide) groups is 1. The molecule has 1 unspecified atom stereocenters. The number of nitrogens with zero attached hydrogens (tertiary/aromatic N) is 1. The van der Waals surface area contributed by atoms with Gasteiger partial charge in [-0.2, -0.15) is 0 Å². The maximum absolute atomic E-state index is 10.8. The van der Waals surface area contributed by atoms with Crippen LogP contribution < -0.4 is 0 Å². The average Bonchev–Trinajstić information content (AvgIpc) is 2.10. The molecule has 0 aromatic rings. The predicted molar refractivity (Wildman–Crippen MR) is 36.1 cm³/mol. The molecule has 0 amide bonds. The van der Waals surface area contributed by atoms with Gasteiger partial charge >= 0.3 is 0 Å². The van der Waals surface area contributed by atoms with E-state index in [2.05, 4.69) is 0 Å². The zero-order valence-corrected chi connectivity index (χ0v) is 6.15. The monoisotopic (exact) mass is 163 g/mol. The molecule has 50 valence electrons. The predicted octanol–water partition coefficient (Wildman–Crippen LogP) is 0.176. The molecule has 2 aliphatic heterocycles. The third-order valence-corrected chi connectivity index (χ3v) is 4.49. The molecule has 0 spiro atoms. The van der Waals surface area contributed by atoms with Crippen LogP contribution in [0.2, 0.25) is 0 Å². The van der Waals surface area contributed by atoms with Crippen molar-refractivity contribution in [2.24, 2.45) is 0 Å². The summed E-state index contributed by atoms with van der Waals surface area (Å²) in [5.74, 6) is 0.310. The van der Waals surface area contributed by atoms with Crippen molar-refractivity contribution in [2.45, 2.75) is 5.37 Å². The Morgan fingerprint density at radius 1 is 1.67 bits per heavy atom. The Hall–Kier alpha value is -0.160. The van der Waals surface area contributed by atoms with Gasteiger partial charge in [0.25, 0.3) is 0 Å². The summed E-state index contributed by atoms with van der Waals surface area (Å²) in [6, 6.07) is 0. The highest BCUT2D eigenvalue weighted by atomic mass is 32.2. The van der Waals surface area contributed by atoms with Gasteiger partial charge in [0.15, 0.2) is 0 Å². The molecule has 2 rings (SSSR count). The van der Waals surface area contributed by atoms with E-state index in [0.29, 0.717) is 5.75 Å². The Morgan fingerprint density at radius 2 is 2.44 bits per heavy atom. The lowest BCUT2D eigenvalue weighted by atomic mass is 10.7. The Balaban J connectivity index is 2.36. The highest BCUT2D eigenvalue weighted by Crippen LogP contribution is 2.36. The molecule has 1 saturated heterocycles. The van der Waals surface area contributed by atoms with Gasteiger partial charge in [-0.3, -0.25) is 4.31 Å². The first-order valence-corrected chi connectivity index (χ1v) is 5.09. The lowest BCUT2D eigenvalue weighted by Crippen LogP contribution is -2.49. The van der Waals surface area contributed by atoms with Crippen LogP contribution in [0, 0.1) is 0 Å². The zero-order chi connectivity index (χ0) is 6.48. The van der Waals surface area contributed by atoms with Crippen LogP contribution in [-0.2, 0) is 10.0 Å². The number of sulfonamides is 1. The van der Waals surface area contributed by atoms with Gasteiger partial charge in [-0.25, -0.2) is 8.42 Å². The first kappa shape index (κ1) is 5.61. The second kappa shape index (κ2) is 1.46. The molecule has 9 heavy (non-hydrogen) atoms. The van der Waals surface area contributed by atoms with Crippen molar-refractivity contribution >= 4 is 21.8 Å². The van der Waals surface area contributed by atoms with Crippen LogP contribution in [0.1, 0.15) is 0 Å². The largest absolute Gasteiger partial charge is 0.262 e. The lowest BCUT2D eigenvalue weighted by Gasteiger charge is -2.33. The van der Waals surface area contributed by atoms with Crippen LogP contribution in [0.3, 0.4) is 0 Å². The SMILES string of the molecule is O=S1(=O)CC2SC=CN21. The highest BCUT2D eigenvalue weighted by molar-refractivity contribution is 8.06. The Morgan fingerprint density at radius 3 is 2.89 bits per heavy atom. The van der Waals surface area contributed by atoms with Gasteiger partial charge in [-0.1, -0.05) is 0 Å². The lowest BCUT2D eigenvalue weighted by molar-refractivity contribution is 0.450. The van der Waals surface area contributed by atoms with E-state index in [0.717, 1.165) is 0 Å². The molecule has 0 aromatic heterocycles. The Kier molecular flexibility index (Phi) is 0.912. The minimum atomic E-state index is -2.83. The zero-order valence-electron chi connectivity index (χ0n) is 4.52. The smallest absolute Gasteiger partial charge is 0.238 e. The summed E-state index contributed by atoms with van der Waals surface area (Å²) >= 11 is 1.56. The van der Waals surface area contributed by atoms with Crippen molar-refractivity contribution in [3.63, 3.8) is 0 Å². The molecule has 0 saturated carbocycles. The molecule has 0 radical (unpaired) electrons. The molecular weight excluding hydrogens is 158 g/mol. The third kappa shape index (κ3) is 0.616. The van der Waals surface area contributed by atoms with Crippen LogP contribution >= 0.6 is 11.8 Å². The molecule has 1 atom stereocenters. The quantitative estimate of drug-likeness (QED) is 0.511. The fraction of sp³-hybridized carbons (Fsp3) is 0.500. The number of fused-ring (bicyclic) bond motifs is 1. The maximum atomic E-state index is 10.8. The second-order valence-electron chi connectivity index (χ2n) is 1.98. The van der Waals surface area contributed by atoms with Crippen molar-refractivity contribution in [1.82, 2.24) is 4.31 Å². The van der Waals surface area contributed by atoms with Gasteiger partial charge in [0.1, 0.15) is 11.1 Å². The third-order valence-electron chi connectivity index (χ3n) is 1.40. The van der Waals surface area contributed by atoms with E-state index in [1.54, 1.807) is 18.0 Å². The van der Waals surface area contributed by atoms with Crippen molar-refractivity contribution in [2.75, 3.05) is 5.75 Å². The Labute approximate surface area is 57.8 Å². The summed E-state index contributed by atoms with van der Waals surface area (Å²) in [6.45, 7) is 0. The van der Waals surface area contributed by atoms with E-state index in [9.17, 15) is 8.42 Å². The van der Waals surface area contributed by atoms with E-state index in [1.165, 1.54) is 4.31 Å². The molecule has 0 aliphatic carbocycles. The van der Waals surface area contributed by atoms with E-state index in [-0.39, 0.29) is 5.37 Å². The summed E-state index contributed by atoms with van der Waals surface area (Å²) < 4.78 is 22.9. The van der Waals surface area contributed by atoms with Gasteiger partial charge in [0.05, 0.1) is 0 Å². The van der Waals surface area contributed by atoms with Crippen LogP contribution in [-0.4, -0.2) is 23.8 Å². The second-order valence-corrected chi connectivity index (χ2v) is 4.99. The summed E-state index contributed by atoms with van der Waals surface area (Å²) in [6.07, 6.45) is 1.62. The van der Waals surface area contributed by atoms with Gasteiger partial charge in [-0.15, -0.1) is 11.8 Å². The minimum Gasteiger partial charge on any atom is -0.262 e. The highest BCUT2D eigenvalue weighted by Gasteiger charge is 2.43. The van der Waals surface area contributed by atoms with Crippen molar-refractivity contribution in [3.8, 4) is 0 Å². The molecule has 5 heteroatoms.